The average Bonchev–Trinajstić information content (AvgIpc) is 3.21. The van der Waals surface area contributed by atoms with Gasteiger partial charge in [-0.3, -0.25) is 4.79 Å². The van der Waals surface area contributed by atoms with Crippen molar-refractivity contribution in [3.05, 3.63) is 28.2 Å². The highest BCUT2D eigenvalue weighted by atomic mass is 79.9. The lowest BCUT2D eigenvalue weighted by atomic mass is 10.2. The van der Waals surface area contributed by atoms with Crippen LogP contribution in [0.2, 0.25) is 0 Å². The molecule has 1 aliphatic carbocycles. The largest absolute Gasteiger partial charge is 0.478 e. The minimum Gasteiger partial charge on any atom is -0.478 e. The van der Waals surface area contributed by atoms with E-state index in [9.17, 15) is 9.59 Å². The monoisotopic (exact) mass is 357 g/mol. The molecule has 1 aromatic rings. The molecule has 1 fully saturated rings. The fraction of sp³-hybridized carbons (Fsp3) is 0.429. The van der Waals surface area contributed by atoms with Crippen molar-refractivity contribution < 1.29 is 14.7 Å². The zero-order chi connectivity index (χ0) is 14.7. The summed E-state index contributed by atoms with van der Waals surface area (Å²) in [7, 11) is 0. The second kappa shape index (κ2) is 6.63. The van der Waals surface area contributed by atoms with Gasteiger partial charge in [0.15, 0.2) is 0 Å². The quantitative estimate of drug-likeness (QED) is 0.794. The van der Waals surface area contributed by atoms with Crippen LogP contribution in [0.5, 0.6) is 0 Å². The molecule has 0 spiro atoms. The predicted molar refractivity (Wildman–Crippen MR) is 82.2 cm³/mol. The Kier molecular flexibility index (Phi) is 5.10. The fourth-order valence-electron chi connectivity index (χ4n) is 2.04. The lowest BCUT2D eigenvalue weighted by Crippen LogP contribution is -2.34. The minimum absolute atomic E-state index is 0.0799. The van der Waals surface area contributed by atoms with E-state index in [0.717, 1.165) is 17.3 Å². The number of aromatic carboxylic acids is 1. The van der Waals surface area contributed by atoms with Crippen LogP contribution in [-0.4, -0.2) is 40.2 Å². The minimum atomic E-state index is -0.970. The van der Waals surface area contributed by atoms with E-state index in [1.54, 1.807) is 18.2 Å². The molecule has 108 valence electrons. The Balaban J connectivity index is 2.04. The topological polar surface area (TPSA) is 57.6 Å². The summed E-state index contributed by atoms with van der Waals surface area (Å²) in [6.45, 7) is 2.69. The van der Waals surface area contributed by atoms with Gasteiger partial charge in [0.1, 0.15) is 0 Å². The van der Waals surface area contributed by atoms with E-state index < -0.39 is 5.97 Å². The van der Waals surface area contributed by atoms with Crippen LogP contribution in [0.25, 0.3) is 0 Å². The van der Waals surface area contributed by atoms with E-state index in [-0.39, 0.29) is 17.2 Å². The molecule has 0 radical (unpaired) electrons. The van der Waals surface area contributed by atoms with Gasteiger partial charge in [-0.25, -0.2) is 4.79 Å². The van der Waals surface area contributed by atoms with Gasteiger partial charge in [0, 0.05) is 22.0 Å². The van der Waals surface area contributed by atoms with Crippen LogP contribution in [0.15, 0.2) is 27.6 Å². The smallest absolute Gasteiger partial charge is 0.336 e. The third kappa shape index (κ3) is 3.76. The van der Waals surface area contributed by atoms with Crippen molar-refractivity contribution in [1.29, 1.82) is 0 Å². The molecule has 0 aliphatic heterocycles. The predicted octanol–water partition coefficient (Wildman–Crippen LogP) is 3.25. The van der Waals surface area contributed by atoms with Crippen molar-refractivity contribution in [3.63, 3.8) is 0 Å². The number of halogens is 1. The summed E-state index contributed by atoms with van der Waals surface area (Å²) in [5.41, 5.74) is 0.237. The van der Waals surface area contributed by atoms with Gasteiger partial charge in [0.25, 0.3) is 0 Å². The maximum atomic E-state index is 12.1. The lowest BCUT2D eigenvalue weighted by Gasteiger charge is -2.20. The Labute approximate surface area is 130 Å². The van der Waals surface area contributed by atoms with Crippen molar-refractivity contribution in [3.8, 4) is 0 Å². The van der Waals surface area contributed by atoms with E-state index in [4.69, 9.17) is 5.11 Å². The van der Waals surface area contributed by atoms with Crippen molar-refractivity contribution in [2.45, 2.75) is 30.7 Å². The van der Waals surface area contributed by atoms with Crippen LogP contribution in [0.3, 0.4) is 0 Å². The van der Waals surface area contributed by atoms with E-state index >= 15 is 0 Å². The number of amides is 1. The summed E-state index contributed by atoms with van der Waals surface area (Å²) in [6, 6.07) is 5.39. The number of benzene rings is 1. The van der Waals surface area contributed by atoms with Gasteiger partial charge < -0.3 is 10.0 Å². The maximum Gasteiger partial charge on any atom is 0.336 e. The Morgan fingerprint density at radius 1 is 1.45 bits per heavy atom. The van der Waals surface area contributed by atoms with Gasteiger partial charge in [-0.2, -0.15) is 0 Å². The molecule has 1 aliphatic rings. The molecule has 6 heteroatoms. The Bertz CT molecular complexity index is 531. The number of carbonyl (C=O) groups is 2. The third-order valence-electron chi connectivity index (χ3n) is 3.17. The number of hydrogen-bond acceptors (Lipinski definition) is 3. The molecule has 0 saturated heterocycles. The van der Waals surface area contributed by atoms with Gasteiger partial charge in [-0.15, -0.1) is 11.8 Å². The molecule has 4 nitrogen and oxygen atoms in total. The van der Waals surface area contributed by atoms with E-state index in [0.29, 0.717) is 17.5 Å². The zero-order valence-electron chi connectivity index (χ0n) is 11.1. The molecule has 1 aromatic carbocycles. The molecule has 20 heavy (non-hydrogen) atoms. The standard InChI is InChI=1S/C14H16BrNO3S/c1-2-16(10-4-5-10)13(17)8-20-12-7-9(15)3-6-11(12)14(18)19/h3,6-7,10H,2,4-5,8H2,1H3,(H,18,19). The molecule has 0 unspecified atom stereocenters. The second-order valence-corrected chi connectivity index (χ2v) is 6.58. The fourth-order valence-corrected chi connectivity index (χ4v) is 3.52. The Morgan fingerprint density at radius 3 is 2.70 bits per heavy atom. The van der Waals surface area contributed by atoms with E-state index in [2.05, 4.69) is 15.9 Å². The molecule has 0 heterocycles. The second-order valence-electron chi connectivity index (χ2n) is 4.65. The number of carboxylic acid groups (broad SMARTS) is 1. The number of thioether (sulfide) groups is 1. The van der Waals surface area contributed by atoms with Gasteiger partial charge in [-0.05, 0) is 38.0 Å². The van der Waals surface area contributed by atoms with Crippen LogP contribution in [0.1, 0.15) is 30.1 Å². The molecule has 0 aromatic heterocycles. The van der Waals surface area contributed by atoms with Crippen molar-refractivity contribution in [1.82, 2.24) is 4.90 Å². The highest BCUT2D eigenvalue weighted by Crippen LogP contribution is 2.30. The maximum absolute atomic E-state index is 12.1. The molecule has 1 N–H and O–H groups in total. The van der Waals surface area contributed by atoms with E-state index in [1.165, 1.54) is 11.8 Å². The zero-order valence-corrected chi connectivity index (χ0v) is 13.5. The first-order chi connectivity index (χ1) is 9.52. The van der Waals surface area contributed by atoms with Crippen LogP contribution < -0.4 is 0 Å². The highest BCUT2D eigenvalue weighted by Gasteiger charge is 2.31. The molecule has 2 rings (SSSR count). The van der Waals surface area contributed by atoms with Crippen LogP contribution >= 0.6 is 27.7 Å². The van der Waals surface area contributed by atoms with Crippen LogP contribution in [0, 0.1) is 0 Å². The van der Waals surface area contributed by atoms with Gasteiger partial charge in [0.05, 0.1) is 11.3 Å². The molecule has 1 saturated carbocycles. The van der Waals surface area contributed by atoms with Crippen molar-refractivity contribution in [2.75, 3.05) is 12.3 Å². The van der Waals surface area contributed by atoms with Gasteiger partial charge >= 0.3 is 5.97 Å². The van der Waals surface area contributed by atoms with Crippen LogP contribution in [-0.2, 0) is 4.79 Å². The summed E-state index contributed by atoms with van der Waals surface area (Å²) in [5, 5.41) is 9.15. The number of rotatable bonds is 6. The number of nitrogens with zero attached hydrogens (tertiary/aromatic N) is 1. The first-order valence-electron chi connectivity index (χ1n) is 6.48. The third-order valence-corrected chi connectivity index (χ3v) is 4.71. The van der Waals surface area contributed by atoms with Crippen LogP contribution in [0.4, 0.5) is 0 Å². The van der Waals surface area contributed by atoms with Crippen molar-refractivity contribution in [2.24, 2.45) is 0 Å². The van der Waals surface area contributed by atoms with Gasteiger partial charge in [-0.1, -0.05) is 15.9 Å². The summed E-state index contributed by atoms with van der Waals surface area (Å²) in [4.78, 5) is 25.8. The first kappa shape index (κ1) is 15.4. The summed E-state index contributed by atoms with van der Waals surface area (Å²) >= 11 is 4.61. The number of hydrogen-bond donors (Lipinski definition) is 1. The summed E-state index contributed by atoms with van der Waals surface area (Å²) < 4.78 is 0.812. The highest BCUT2D eigenvalue weighted by molar-refractivity contribution is 9.10. The Hall–Kier alpha value is -1.01. The number of carboxylic acids is 1. The normalized spacial score (nSPS) is 14.1. The average molecular weight is 358 g/mol. The Morgan fingerprint density at radius 2 is 2.15 bits per heavy atom. The SMILES string of the molecule is CCN(C(=O)CSc1cc(Br)ccc1C(=O)O)C1CC1. The summed E-state index contributed by atoms with van der Waals surface area (Å²) in [5.74, 6) is -0.612. The molecular formula is C14H16BrNO3S. The van der Waals surface area contributed by atoms with Gasteiger partial charge in [0.2, 0.25) is 5.91 Å². The number of carbonyl (C=O) groups excluding carboxylic acids is 1. The molecule has 1 amide bonds. The van der Waals surface area contributed by atoms with Crippen molar-refractivity contribution >= 4 is 39.6 Å². The molecule has 0 atom stereocenters. The molecule has 0 bridgehead atoms. The lowest BCUT2D eigenvalue weighted by molar-refractivity contribution is -0.128. The first-order valence-corrected chi connectivity index (χ1v) is 8.26. The molecular weight excluding hydrogens is 342 g/mol. The summed E-state index contributed by atoms with van der Waals surface area (Å²) in [6.07, 6.45) is 2.17. The van der Waals surface area contributed by atoms with E-state index in [1.807, 2.05) is 11.8 Å².